The molecule has 17 heavy (non-hydrogen) atoms. The minimum atomic E-state index is -1.25. The maximum atomic E-state index is 10.5. The molecule has 0 unspecified atom stereocenters. The Hall–Kier alpha value is -0.520. The van der Waals surface area contributed by atoms with E-state index < -0.39 is 12.0 Å². The second-order valence-corrected chi connectivity index (χ2v) is 4.07. The molecule has 1 aromatic carbocycles. The molecule has 0 aliphatic rings. The van der Waals surface area contributed by atoms with Crippen LogP contribution in [0.5, 0.6) is 0 Å². The Morgan fingerprint density at radius 2 is 2.24 bits per heavy atom. The third kappa shape index (κ3) is 3.24. The summed E-state index contributed by atoms with van der Waals surface area (Å²) in [6.45, 7) is 0. The van der Waals surface area contributed by atoms with E-state index in [9.17, 15) is 9.90 Å². The number of nitrogens with one attached hydrogen (secondary N) is 1. The number of carbonyl (C=O) groups excluding carboxylic acids is 1. The van der Waals surface area contributed by atoms with Gasteiger partial charge in [-0.15, -0.1) is 0 Å². The second kappa shape index (κ2) is 5.89. The molecule has 4 nitrogen and oxygen atoms in total. The van der Waals surface area contributed by atoms with Crippen molar-refractivity contribution in [2.45, 2.75) is 12.5 Å². The number of benzene rings is 1. The van der Waals surface area contributed by atoms with Gasteiger partial charge in [0, 0.05) is 28.2 Å². The summed E-state index contributed by atoms with van der Waals surface area (Å²) in [5.74, 6) is -1.25. The Morgan fingerprint density at radius 3 is 2.88 bits per heavy atom. The summed E-state index contributed by atoms with van der Waals surface area (Å²) >= 11 is 5.84. The molecule has 0 spiro atoms. The molecule has 0 aliphatic heterocycles. The van der Waals surface area contributed by atoms with Crippen LogP contribution in [0.15, 0.2) is 24.4 Å². The Kier molecular flexibility index (Phi) is 5.04. The first-order chi connectivity index (χ1) is 7.58. The maximum absolute atomic E-state index is 10.5. The number of aliphatic carboxylic acids is 1. The molecule has 0 aliphatic carbocycles. The summed E-state index contributed by atoms with van der Waals surface area (Å²) in [7, 11) is 0. The number of H-pyrrole nitrogens is 1. The summed E-state index contributed by atoms with van der Waals surface area (Å²) in [6, 6.07) is 4.39. The van der Waals surface area contributed by atoms with Gasteiger partial charge in [0.1, 0.15) is 0 Å². The molecule has 2 aromatic rings. The summed E-state index contributed by atoms with van der Waals surface area (Å²) in [4.78, 5) is 13.6. The van der Waals surface area contributed by atoms with Gasteiger partial charge in [-0.2, -0.15) is 0 Å². The zero-order chi connectivity index (χ0) is 11.7. The fourth-order valence-electron chi connectivity index (χ4n) is 1.65. The number of fused-ring (bicyclic) bond motifs is 1. The summed E-state index contributed by atoms with van der Waals surface area (Å²) in [6.07, 6.45) is 1.98. The van der Waals surface area contributed by atoms with Crippen LogP contribution in [0, 0.1) is 0 Å². The quantitative estimate of drug-likeness (QED) is 0.596. The predicted molar refractivity (Wildman–Crippen MR) is 60.0 cm³/mol. The van der Waals surface area contributed by atoms with Crippen molar-refractivity contribution in [3.63, 3.8) is 0 Å². The fraction of sp³-hybridized carbons (Fsp3) is 0.182. The Labute approximate surface area is 125 Å². The van der Waals surface area contributed by atoms with Crippen molar-refractivity contribution in [2.24, 2.45) is 5.73 Å². The number of hydrogen-bond donors (Lipinski definition) is 2. The van der Waals surface area contributed by atoms with Crippen molar-refractivity contribution >= 4 is 28.5 Å². The molecular formula is C11H10ClN2NaO2. The van der Waals surface area contributed by atoms with E-state index in [1.807, 2.05) is 6.07 Å². The average Bonchev–Trinajstić information content (AvgIpc) is 2.60. The van der Waals surface area contributed by atoms with Gasteiger partial charge in [-0.1, -0.05) is 17.7 Å². The number of carbonyl (C=O) groups is 1. The van der Waals surface area contributed by atoms with Gasteiger partial charge in [0.05, 0.1) is 5.97 Å². The van der Waals surface area contributed by atoms with Crippen LogP contribution in [0.2, 0.25) is 5.02 Å². The molecule has 1 heterocycles. The van der Waals surface area contributed by atoms with Crippen molar-refractivity contribution < 1.29 is 39.5 Å². The van der Waals surface area contributed by atoms with Crippen molar-refractivity contribution in [2.75, 3.05) is 0 Å². The minimum absolute atomic E-state index is 0. The van der Waals surface area contributed by atoms with E-state index in [4.69, 9.17) is 17.3 Å². The molecule has 1 atom stereocenters. The minimum Gasteiger partial charge on any atom is -0.548 e. The van der Waals surface area contributed by atoms with Crippen LogP contribution in [0.25, 0.3) is 10.9 Å². The van der Waals surface area contributed by atoms with Gasteiger partial charge in [-0.25, -0.2) is 0 Å². The first-order valence-corrected chi connectivity index (χ1v) is 5.17. The van der Waals surface area contributed by atoms with E-state index in [0.29, 0.717) is 5.02 Å². The molecule has 1 aromatic heterocycles. The molecule has 0 radical (unpaired) electrons. The molecule has 84 valence electrons. The van der Waals surface area contributed by atoms with Crippen LogP contribution in [0.1, 0.15) is 5.56 Å². The van der Waals surface area contributed by atoms with E-state index in [1.54, 1.807) is 18.3 Å². The van der Waals surface area contributed by atoms with Crippen LogP contribution in [-0.4, -0.2) is 17.0 Å². The van der Waals surface area contributed by atoms with E-state index in [0.717, 1.165) is 16.5 Å². The average molecular weight is 261 g/mol. The maximum Gasteiger partial charge on any atom is 1.00 e. The molecule has 0 fully saturated rings. The molecule has 0 bridgehead atoms. The smallest absolute Gasteiger partial charge is 0.548 e. The van der Waals surface area contributed by atoms with Crippen LogP contribution in [-0.2, 0) is 11.2 Å². The molecule has 6 heteroatoms. The van der Waals surface area contributed by atoms with Crippen molar-refractivity contribution in [3.05, 3.63) is 35.0 Å². The van der Waals surface area contributed by atoms with E-state index in [-0.39, 0.29) is 36.0 Å². The number of aromatic amines is 1. The van der Waals surface area contributed by atoms with Gasteiger partial charge in [0.2, 0.25) is 0 Å². The molecular weight excluding hydrogens is 251 g/mol. The van der Waals surface area contributed by atoms with E-state index >= 15 is 0 Å². The third-order valence-electron chi connectivity index (χ3n) is 2.47. The van der Waals surface area contributed by atoms with Gasteiger partial charge in [0.15, 0.2) is 0 Å². The van der Waals surface area contributed by atoms with Gasteiger partial charge < -0.3 is 20.6 Å². The largest absolute Gasteiger partial charge is 1.00 e. The number of rotatable bonds is 3. The normalized spacial score (nSPS) is 12.1. The Bertz CT molecular complexity index is 541. The number of carboxylic acids is 1. The first-order valence-electron chi connectivity index (χ1n) is 4.80. The van der Waals surface area contributed by atoms with Crippen LogP contribution >= 0.6 is 11.6 Å². The number of hydrogen-bond acceptors (Lipinski definition) is 3. The molecule has 0 saturated heterocycles. The monoisotopic (exact) mass is 260 g/mol. The van der Waals surface area contributed by atoms with Crippen molar-refractivity contribution in [1.82, 2.24) is 4.98 Å². The van der Waals surface area contributed by atoms with Crippen LogP contribution in [0.4, 0.5) is 0 Å². The molecule has 0 amide bonds. The molecule has 2 rings (SSSR count). The standard InChI is InChI=1S/C11H11ClN2O2.Na/c12-7-1-2-8-6(3-9(13)11(15)16)5-14-10(8)4-7;/h1-2,4-5,9,14H,3,13H2,(H,15,16);/q;+1/p-1/t9-;/m0./s1. The SMILES string of the molecule is N[C@@H](Cc1c[nH]c2cc(Cl)ccc12)C(=O)[O-].[Na+]. The molecule has 0 saturated carbocycles. The van der Waals surface area contributed by atoms with Gasteiger partial charge in [0.25, 0.3) is 0 Å². The topological polar surface area (TPSA) is 81.9 Å². The zero-order valence-electron chi connectivity index (χ0n) is 9.37. The Balaban J connectivity index is 0.00000144. The third-order valence-corrected chi connectivity index (χ3v) is 2.71. The van der Waals surface area contributed by atoms with Crippen LogP contribution < -0.4 is 40.4 Å². The summed E-state index contributed by atoms with van der Waals surface area (Å²) in [5, 5.41) is 12.1. The second-order valence-electron chi connectivity index (χ2n) is 3.63. The first kappa shape index (κ1) is 14.5. The van der Waals surface area contributed by atoms with Gasteiger partial charge in [-0.05, 0) is 24.1 Å². The van der Waals surface area contributed by atoms with E-state index in [2.05, 4.69) is 4.98 Å². The predicted octanol–water partition coefficient (Wildman–Crippen LogP) is -2.55. The number of nitrogens with two attached hydrogens (primary N) is 1. The van der Waals surface area contributed by atoms with Gasteiger partial charge >= 0.3 is 29.6 Å². The fourth-order valence-corrected chi connectivity index (χ4v) is 1.82. The zero-order valence-corrected chi connectivity index (χ0v) is 12.1. The van der Waals surface area contributed by atoms with Gasteiger partial charge in [-0.3, -0.25) is 0 Å². The summed E-state index contributed by atoms with van der Waals surface area (Å²) < 4.78 is 0. The summed E-state index contributed by atoms with van der Waals surface area (Å²) in [5.41, 5.74) is 7.15. The Morgan fingerprint density at radius 1 is 1.53 bits per heavy atom. The molecule has 3 N–H and O–H groups in total. The number of aromatic nitrogens is 1. The number of halogens is 1. The van der Waals surface area contributed by atoms with Crippen molar-refractivity contribution in [3.8, 4) is 0 Å². The van der Waals surface area contributed by atoms with E-state index in [1.165, 1.54) is 0 Å². The number of carboxylic acid groups (broad SMARTS) is 1. The van der Waals surface area contributed by atoms with Crippen LogP contribution in [0.3, 0.4) is 0 Å². The van der Waals surface area contributed by atoms with Crippen molar-refractivity contribution in [1.29, 1.82) is 0 Å².